The van der Waals surface area contributed by atoms with Gasteiger partial charge < -0.3 is 0 Å². The number of pyridine rings is 1. The van der Waals surface area contributed by atoms with Crippen LogP contribution in [0.25, 0.3) is 10.9 Å². The second kappa shape index (κ2) is 2.36. The lowest BCUT2D eigenvalue weighted by Gasteiger charge is -1.93. The number of nitrogens with zero attached hydrogens (tertiary/aromatic N) is 3. The molecule has 62 valence electrons. The van der Waals surface area contributed by atoms with Gasteiger partial charge in [0.15, 0.2) is 0 Å². The van der Waals surface area contributed by atoms with E-state index < -0.39 is 0 Å². The Hall–Kier alpha value is -1.77. The average Bonchev–Trinajstić information content (AvgIpc) is 2.65. The normalized spacial score (nSPS) is 13.5. The number of hydrogen-bond donors (Lipinski definition) is 0. The van der Waals surface area contributed by atoms with Gasteiger partial charge in [-0.25, -0.2) is 0 Å². The molecule has 2 aromatic rings. The number of hydrogen-bond acceptors (Lipinski definition) is 3. The van der Waals surface area contributed by atoms with Crippen LogP contribution in [-0.4, -0.2) is 11.7 Å². The van der Waals surface area contributed by atoms with Gasteiger partial charge in [0, 0.05) is 5.39 Å². The van der Waals surface area contributed by atoms with Crippen molar-refractivity contribution in [3.8, 4) is 0 Å². The van der Waals surface area contributed by atoms with Crippen molar-refractivity contribution in [1.29, 1.82) is 0 Å². The van der Waals surface area contributed by atoms with E-state index in [0.717, 1.165) is 21.6 Å². The van der Waals surface area contributed by atoms with Crippen molar-refractivity contribution in [2.24, 2.45) is 9.98 Å². The smallest absolute Gasteiger partial charge is 0.131 e. The van der Waals surface area contributed by atoms with Gasteiger partial charge in [-0.1, -0.05) is 18.2 Å². The van der Waals surface area contributed by atoms with Crippen LogP contribution in [0.1, 0.15) is 0 Å². The second-order valence-electron chi connectivity index (χ2n) is 2.97. The Balaban J connectivity index is 2.67. The Morgan fingerprint density at radius 1 is 1.08 bits per heavy atom. The predicted molar refractivity (Wildman–Crippen MR) is 48.9 cm³/mol. The zero-order chi connectivity index (χ0) is 8.67. The third-order valence-electron chi connectivity index (χ3n) is 2.20. The highest BCUT2D eigenvalue weighted by atomic mass is 15.0. The molecule has 0 spiro atoms. The molecule has 0 radical (unpaired) electrons. The fourth-order valence-electron chi connectivity index (χ4n) is 1.58. The van der Waals surface area contributed by atoms with Crippen LogP contribution < -0.4 is 10.7 Å². The molecular weight excluding hydrogens is 162 g/mol. The summed E-state index contributed by atoms with van der Waals surface area (Å²) in [6, 6.07) is 8.00. The van der Waals surface area contributed by atoms with Crippen LogP contribution in [0.3, 0.4) is 0 Å². The first-order valence-electron chi connectivity index (χ1n) is 4.18. The minimum absolute atomic E-state index is 0.547. The van der Waals surface area contributed by atoms with Gasteiger partial charge in [-0.05, 0) is 6.07 Å². The van der Waals surface area contributed by atoms with E-state index in [1.807, 2.05) is 24.3 Å². The van der Waals surface area contributed by atoms with E-state index in [-0.39, 0.29) is 0 Å². The molecule has 3 heteroatoms. The van der Waals surface area contributed by atoms with Gasteiger partial charge in [-0.2, -0.15) is 0 Å². The minimum atomic E-state index is 0.547. The van der Waals surface area contributed by atoms with Crippen molar-refractivity contribution in [3.63, 3.8) is 0 Å². The maximum atomic E-state index is 4.32. The maximum Gasteiger partial charge on any atom is 0.131 e. The van der Waals surface area contributed by atoms with E-state index in [0.29, 0.717) is 6.67 Å². The van der Waals surface area contributed by atoms with Crippen molar-refractivity contribution in [3.05, 3.63) is 41.2 Å². The van der Waals surface area contributed by atoms with Crippen LogP contribution in [0.2, 0.25) is 0 Å². The molecule has 1 aliphatic heterocycles. The van der Waals surface area contributed by atoms with Crippen LogP contribution in [-0.2, 0) is 0 Å². The lowest BCUT2D eigenvalue weighted by molar-refractivity contribution is 1.06. The average molecular weight is 169 g/mol. The van der Waals surface area contributed by atoms with Crippen molar-refractivity contribution in [2.75, 3.05) is 6.67 Å². The first-order valence-corrected chi connectivity index (χ1v) is 4.18. The van der Waals surface area contributed by atoms with E-state index in [1.165, 1.54) is 0 Å². The first kappa shape index (κ1) is 6.71. The quantitative estimate of drug-likeness (QED) is 0.564. The third kappa shape index (κ3) is 0.869. The highest BCUT2D eigenvalue weighted by Gasteiger charge is 2.01. The van der Waals surface area contributed by atoms with Gasteiger partial charge in [0.1, 0.15) is 12.0 Å². The molecule has 0 bridgehead atoms. The molecule has 1 aromatic carbocycles. The Labute approximate surface area is 74.5 Å². The highest BCUT2D eigenvalue weighted by Crippen LogP contribution is 2.03. The molecule has 0 aliphatic carbocycles. The van der Waals surface area contributed by atoms with E-state index in [2.05, 4.69) is 15.0 Å². The first-order chi connectivity index (χ1) is 6.45. The minimum Gasteiger partial charge on any atom is -0.259 e. The Kier molecular flexibility index (Phi) is 1.22. The molecule has 0 atom stereocenters. The summed E-state index contributed by atoms with van der Waals surface area (Å²) in [6.45, 7) is 0.547. The topological polar surface area (TPSA) is 37.6 Å². The van der Waals surface area contributed by atoms with Crippen LogP contribution in [0.5, 0.6) is 0 Å². The van der Waals surface area contributed by atoms with Gasteiger partial charge in [-0.15, -0.1) is 0 Å². The molecule has 0 saturated carbocycles. The van der Waals surface area contributed by atoms with E-state index in [1.54, 1.807) is 6.20 Å². The fraction of sp³-hybridized carbons (Fsp3) is 0.100. The molecule has 2 heterocycles. The molecular formula is C10H7N3. The van der Waals surface area contributed by atoms with Crippen LogP contribution in [0, 0.1) is 0 Å². The number of aromatic nitrogens is 1. The summed E-state index contributed by atoms with van der Waals surface area (Å²) in [7, 11) is 0. The number of fused-ring (bicyclic) bond motifs is 3. The van der Waals surface area contributed by atoms with Gasteiger partial charge in [0.2, 0.25) is 0 Å². The Morgan fingerprint density at radius 3 is 3.00 bits per heavy atom. The van der Waals surface area contributed by atoms with Crippen molar-refractivity contribution >= 4 is 10.9 Å². The molecule has 3 rings (SSSR count). The summed E-state index contributed by atoms with van der Waals surface area (Å²) < 4.78 is 0. The molecule has 3 nitrogen and oxygen atoms in total. The highest BCUT2D eigenvalue weighted by molar-refractivity contribution is 5.77. The zero-order valence-electron chi connectivity index (χ0n) is 6.94. The lowest BCUT2D eigenvalue weighted by atomic mass is 10.2. The van der Waals surface area contributed by atoms with Gasteiger partial charge in [-0.3, -0.25) is 15.0 Å². The molecule has 0 fully saturated rings. The SMILES string of the molecule is c1ccc2c3c(cnc2c1)=NCN=3. The Bertz CT molecular complexity index is 587. The van der Waals surface area contributed by atoms with E-state index in [4.69, 9.17) is 0 Å². The van der Waals surface area contributed by atoms with Crippen LogP contribution in [0.15, 0.2) is 40.4 Å². The predicted octanol–water partition coefficient (Wildman–Crippen LogP) is 0.445. The van der Waals surface area contributed by atoms with Gasteiger partial charge in [0.05, 0.1) is 17.1 Å². The zero-order valence-corrected chi connectivity index (χ0v) is 6.94. The summed E-state index contributed by atoms with van der Waals surface area (Å²) in [5.74, 6) is 0. The number of benzene rings is 1. The summed E-state index contributed by atoms with van der Waals surface area (Å²) in [4.78, 5) is 12.8. The second-order valence-corrected chi connectivity index (χ2v) is 2.97. The van der Waals surface area contributed by atoms with Crippen molar-refractivity contribution in [1.82, 2.24) is 4.98 Å². The molecule has 1 aliphatic rings. The van der Waals surface area contributed by atoms with Gasteiger partial charge >= 0.3 is 0 Å². The molecule has 0 saturated heterocycles. The maximum absolute atomic E-state index is 4.32. The summed E-state index contributed by atoms with van der Waals surface area (Å²) in [5.41, 5.74) is 0.988. The van der Waals surface area contributed by atoms with Crippen molar-refractivity contribution < 1.29 is 0 Å². The fourth-order valence-corrected chi connectivity index (χ4v) is 1.58. The molecule has 13 heavy (non-hydrogen) atoms. The Morgan fingerprint density at radius 2 is 2.00 bits per heavy atom. The van der Waals surface area contributed by atoms with Crippen LogP contribution >= 0.6 is 0 Å². The molecule has 0 amide bonds. The molecule has 1 aromatic heterocycles. The molecule has 0 N–H and O–H groups in total. The molecule has 0 unspecified atom stereocenters. The number of rotatable bonds is 0. The van der Waals surface area contributed by atoms with Crippen molar-refractivity contribution in [2.45, 2.75) is 0 Å². The lowest BCUT2D eigenvalue weighted by Crippen LogP contribution is -2.23. The largest absolute Gasteiger partial charge is 0.259 e. The third-order valence-corrected chi connectivity index (χ3v) is 2.20. The van der Waals surface area contributed by atoms with E-state index in [9.17, 15) is 0 Å². The monoisotopic (exact) mass is 169 g/mol. The summed E-state index contributed by atoms with van der Waals surface area (Å²) in [5, 5.41) is 3.01. The van der Waals surface area contributed by atoms with Crippen LogP contribution in [0.4, 0.5) is 0 Å². The standard InChI is InChI=1S/C10H7N3/c1-2-4-8-7(3-1)10-9(5-11-8)12-6-13-10/h1-5H,6H2. The summed E-state index contributed by atoms with van der Waals surface area (Å²) >= 11 is 0. The number of para-hydroxylation sites is 1. The summed E-state index contributed by atoms with van der Waals surface area (Å²) in [6.07, 6.45) is 1.79. The van der Waals surface area contributed by atoms with Gasteiger partial charge in [0.25, 0.3) is 0 Å². The van der Waals surface area contributed by atoms with E-state index >= 15 is 0 Å².